The van der Waals surface area contributed by atoms with Crippen molar-refractivity contribution in [3.63, 3.8) is 0 Å². The summed E-state index contributed by atoms with van der Waals surface area (Å²) in [6.45, 7) is 4.22. The Labute approximate surface area is 197 Å². The van der Waals surface area contributed by atoms with Crippen molar-refractivity contribution in [1.82, 2.24) is 19.7 Å². The van der Waals surface area contributed by atoms with Gasteiger partial charge in [-0.15, -0.1) is 5.10 Å². The van der Waals surface area contributed by atoms with Crippen LogP contribution in [0.5, 0.6) is 17.2 Å². The predicted octanol–water partition coefficient (Wildman–Crippen LogP) is 4.02. The van der Waals surface area contributed by atoms with Gasteiger partial charge in [-0.2, -0.15) is 4.98 Å². The lowest BCUT2D eigenvalue weighted by atomic mass is 9.73. The molecule has 9 nitrogen and oxygen atoms in total. The highest BCUT2D eigenvalue weighted by Gasteiger charge is 2.42. The standard InChI is InChI=1S/C25H27N5O4/c1-25(2)12-16-20(17(31)13-25)21(14-6-8-26-9-7-14)30-24(27-16)28-23(29-30)15-10-18(32-3)22(34-5)19(11-15)33-4/h6-11,21H,12-13H2,1-5H3,(H,27,28,29)/t21-/m1/s1. The number of nitrogens with one attached hydrogen (secondary N) is 1. The molecule has 9 heteroatoms. The zero-order valence-corrected chi connectivity index (χ0v) is 19.9. The van der Waals surface area contributed by atoms with Crippen LogP contribution in [0.1, 0.15) is 38.3 Å². The Bertz CT molecular complexity index is 1270. The van der Waals surface area contributed by atoms with Crippen LogP contribution in [0.15, 0.2) is 47.9 Å². The summed E-state index contributed by atoms with van der Waals surface area (Å²) in [6, 6.07) is 7.06. The van der Waals surface area contributed by atoms with Crippen LogP contribution in [0.25, 0.3) is 11.4 Å². The van der Waals surface area contributed by atoms with E-state index in [0.717, 1.165) is 23.3 Å². The number of rotatable bonds is 5. The summed E-state index contributed by atoms with van der Waals surface area (Å²) < 4.78 is 18.2. The second-order valence-corrected chi connectivity index (χ2v) is 9.26. The Morgan fingerprint density at radius 1 is 1.03 bits per heavy atom. The second-order valence-electron chi connectivity index (χ2n) is 9.26. The number of ketones is 1. The maximum atomic E-state index is 13.3. The van der Waals surface area contributed by atoms with Gasteiger partial charge in [0.1, 0.15) is 6.04 Å². The molecule has 1 atom stereocenters. The lowest BCUT2D eigenvalue weighted by Crippen LogP contribution is -2.36. The maximum absolute atomic E-state index is 13.3. The van der Waals surface area contributed by atoms with Crippen LogP contribution >= 0.6 is 0 Å². The summed E-state index contributed by atoms with van der Waals surface area (Å²) >= 11 is 0. The third-order valence-electron chi connectivity index (χ3n) is 6.28. The minimum Gasteiger partial charge on any atom is -0.493 e. The van der Waals surface area contributed by atoms with Gasteiger partial charge in [0.15, 0.2) is 23.1 Å². The number of fused-ring (bicyclic) bond motifs is 1. The van der Waals surface area contributed by atoms with E-state index in [1.165, 1.54) is 0 Å². The van der Waals surface area contributed by atoms with Gasteiger partial charge in [-0.3, -0.25) is 9.78 Å². The summed E-state index contributed by atoms with van der Waals surface area (Å²) in [6.07, 6.45) is 4.69. The average Bonchev–Trinajstić information content (AvgIpc) is 3.25. The number of anilines is 1. The molecule has 0 saturated heterocycles. The van der Waals surface area contributed by atoms with Crippen LogP contribution in [-0.2, 0) is 4.79 Å². The molecule has 0 saturated carbocycles. The molecule has 1 aliphatic heterocycles. The molecule has 0 amide bonds. The number of methoxy groups -OCH3 is 3. The maximum Gasteiger partial charge on any atom is 0.226 e. The Morgan fingerprint density at radius 2 is 1.71 bits per heavy atom. The van der Waals surface area contributed by atoms with Crippen LogP contribution in [0.4, 0.5) is 5.95 Å². The number of hydrogen-bond donors (Lipinski definition) is 1. The van der Waals surface area contributed by atoms with E-state index < -0.39 is 0 Å². The molecular formula is C25H27N5O4. The Morgan fingerprint density at radius 3 is 2.32 bits per heavy atom. The fourth-order valence-corrected chi connectivity index (χ4v) is 4.80. The molecule has 5 rings (SSSR count). The lowest BCUT2D eigenvalue weighted by Gasteiger charge is -2.38. The number of carbonyl (C=O) groups is 1. The summed E-state index contributed by atoms with van der Waals surface area (Å²) in [5, 5.41) is 8.23. The number of hydrogen-bond acceptors (Lipinski definition) is 8. The van der Waals surface area contributed by atoms with Crippen molar-refractivity contribution < 1.29 is 19.0 Å². The summed E-state index contributed by atoms with van der Waals surface area (Å²) in [5.74, 6) is 2.70. The first-order chi connectivity index (χ1) is 16.3. The highest BCUT2D eigenvalue weighted by Crippen LogP contribution is 2.46. The molecule has 2 aliphatic rings. The van der Waals surface area contributed by atoms with E-state index in [-0.39, 0.29) is 17.2 Å². The number of nitrogens with zero attached hydrogens (tertiary/aromatic N) is 4. The third-order valence-corrected chi connectivity index (χ3v) is 6.28. The van der Waals surface area contributed by atoms with E-state index in [4.69, 9.17) is 24.3 Å². The fourth-order valence-electron chi connectivity index (χ4n) is 4.80. The van der Waals surface area contributed by atoms with E-state index in [0.29, 0.717) is 41.0 Å². The molecule has 176 valence electrons. The van der Waals surface area contributed by atoms with Gasteiger partial charge in [-0.25, -0.2) is 4.68 Å². The number of benzene rings is 1. The fraction of sp³-hybridized carbons (Fsp3) is 0.360. The van der Waals surface area contributed by atoms with Gasteiger partial charge in [0.25, 0.3) is 0 Å². The Balaban J connectivity index is 1.67. The van der Waals surface area contributed by atoms with Crippen LogP contribution in [0.3, 0.4) is 0 Å². The van der Waals surface area contributed by atoms with E-state index >= 15 is 0 Å². The van der Waals surface area contributed by atoms with Crippen LogP contribution in [0.2, 0.25) is 0 Å². The molecule has 2 aromatic heterocycles. The molecule has 1 aromatic carbocycles. The molecule has 3 aromatic rings. The topological polar surface area (TPSA) is 100 Å². The van der Waals surface area contributed by atoms with Crippen molar-refractivity contribution in [2.75, 3.05) is 26.6 Å². The molecule has 0 spiro atoms. The van der Waals surface area contributed by atoms with Crippen molar-refractivity contribution in [1.29, 1.82) is 0 Å². The zero-order chi connectivity index (χ0) is 24.0. The quantitative estimate of drug-likeness (QED) is 0.608. The van der Waals surface area contributed by atoms with Gasteiger partial charge in [0.05, 0.1) is 21.3 Å². The van der Waals surface area contributed by atoms with Crippen LogP contribution in [-0.4, -0.2) is 46.9 Å². The molecular weight excluding hydrogens is 434 g/mol. The molecule has 0 unspecified atom stereocenters. The molecule has 0 fully saturated rings. The van der Waals surface area contributed by atoms with Gasteiger partial charge in [-0.1, -0.05) is 13.8 Å². The smallest absolute Gasteiger partial charge is 0.226 e. The summed E-state index contributed by atoms with van der Waals surface area (Å²) in [4.78, 5) is 22.3. The van der Waals surface area contributed by atoms with Crippen molar-refractivity contribution in [2.24, 2.45) is 5.41 Å². The molecule has 1 aliphatic carbocycles. The van der Waals surface area contributed by atoms with Gasteiger partial charge in [-0.05, 0) is 41.7 Å². The molecule has 3 heterocycles. The number of Topliss-reactive ketones (excluding diaryl/α,β-unsaturated/α-hetero) is 1. The number of allylic oxidation sites excluding steroid dienone is 2. The second kappa shape index (κ2) is 8.16. The number of pyridine rings is 1. The highest BCUT2D eigenvalue weighted by atomic mass is 16.5. The van der Waals surface area contributed by atoms with E-state index in [9.17, 15) is 4.79 Å². The summed E-state index contributed by atoms with van der Waals surface area (Å²) in [5.41, 5.74) is 3.14. The largest absolute Gasteiger partial charge is 0.493 e. The zero-order valence-electron chi connectivity index (χ0n) is 19.9. The van der Waals surface area contributed by atoms with Crippen LogP contribution in [0, 0.1) is 5.41 Å². The predicted molar refractivity (Wildman–Crippen MR) is 126 cm³/mol. The third kappa shape index (κ3) is 3.57. The van der Waals surface area contributed by atoms with Gasteiger partial charge in [0, 0.05) is 35.6 Å². The Hall–Kier alpha value is -3.88. The number of carbonyl (C=O) groups excluding carboxylic acids is 1. The number of aromatic nitrogens is 4. The average molecular weight is 462 g/mol. The molecule has 0 radical (unpaired) electrons. The van der Waals surface area contributed by atoms with E-state index in [2.05, 4.69) is 24.1 Å². The lowest BCUT2D eigenvalue weighted by molar-refractivity contribution is -0.118. The van der Waals surface area contributed by atoms with Crippen molar-refractivity contribution >= 4 is 11.7 Å². The highest BCUT2D eigenvalue weighted by molar-refractivity contribution is 6.00. The number of ether oxygens (including phenoxy) is 3. The van der Waals surface area contributed by atoms with Crippen molar-refractivity contribution in [3.8, 4) is 28.6 Å². The van der Waals surface area contributed by atoms with Crippen molar-refractivity contribution in [2.45, 2.75) is 32.7 Å². The van der Waals surface area contributed by atoms with E-state index in [1.807, 2.05) is 24.3 Å². The summed E-state index contributed by atoms with van der Waals surface area (Å²) in [7, 11) is 4.70. The van der Waals surface area contributed by atoms with Gasteiger partial charge >= 0.3 is 0 Å². The normalized spacial score (nSPS) is 18.6. The van der Waals surface area contributed by atoms with Gasteiger partial charge < -0.3 is 19.5 Å². The van der Waals surface area contributed by atoms with Crippen LogP contribution < -0.4 is 19.5 Å². The van der Waals surface area contributed by atoms with E-state index in [1.54, 1.807) is 38.4 Å². The SMILES string of the molecule is COc1cc(-c2nc3n(n2)[C@H](c2ccncc2)C2=C(CC(C)(C)CC2=O)N3)cc(OC)c1OC. The first kappa shape index (κ1) is 21.9. The minimum atomic E-state index is -0.388. The monoisotopic (exact) mass is 461 g/mol. The van der Waals surface area contributed by atoms with Crippen molar-refractivity contribution in [3.05, 3.63) is 53.5 Å². The molecule has 34 heavy (non-hydrogen) atoms. The first-order valence-corrected chi connectivity index (χ1v) is 11.1. The molecule has 0 bridgehead atoms. The molecule has 1 N–H and O–H groups in total. The minimum absolute atomic E-state index is 0.121. The Kier molecular flexibility index (Phi) is 5.27. The van der Waals surface area contributed by atoms with Gasteiger partial charge in [0.2, 0.25) is 11.7 Å². The first-order valence-electron chi connectivity index (χ1n) is 11.1.